The summed E-state index contributed by atoms with van der Waals surface area (Å²) in [6.07, 6.45) is 10.2. The normalized spacial score (nSPS) is 36.7. The lowest BCUT2D eigenvalue weighted by atomic mass is 9.86. The Hall–Kier alpha value is -1.02. The van der Waals surface area contributed by atoms with E-state index >= 15 is 0 Å². The monoisotopic (exact) mass is 160 g/mol. The molecule has 0 aromatic heterocycles. The third kappa shape index (κ3) is 0.730. The molecule has 2 N–H and O–H groups in total. The average molecular weight is 160 g/mol. The zero-order valence-corrected chi connectivity index (χ0v) is 6.88. The minimum atomic E-state index is 0.709. The fraction of sp³-hybridized carbons (Fsp3) is 0.400. The smallest absolute Gasteiger partial charge is 0.0315 e. The summed E-state index contributed by atoms with van der Waals surface area (Å²) >= 11 is 0. The Morgan fingerprint density at radius 1 is 1.33 bits per heavy atom. The Kier molecular flexibility index (Phi) is 1.21. The van der Waals surface area contributed by atoms with Gasteiger partial charge in [0.05, 0.1) is 0 Å². The zero-order valence-electron chi connectivity index (χ0n) is 6.88. The molecule has 1 heterocycles. The molecule has 0 radical (unpaired) electrons. The highest BCUT2D eigenvalue weighted by Crippen LogP contribution is 2.40. The topological polar surface area (TPSA) is 24.1 Å². The van der Waals surface area contributed by atoms with Gasteiger partial charge in [-0.2, -0.15) is 0 Å². The molecule has 3 aliphatic rings. The molecule has 12 heavy (non-hydrogen) atoms. The van der Waals surface area contributed by atoms with Crippen molar-refractivity contribution in [2.45, 2.75) is 6.42 Å². The molecule has 0 bridgehead atoms. The van der Waals surface area contributed by atoms with Crippen LogP contribution in [0.2, 0.25) is 0 Å². The molecular weight excluding hydrogens is 148 g/mol. The van der Waals surface area contributed by atoms with Crippen molar-refractivity contribution in [1.82, 2.24) is 10.9 Å². The van der Waals surface area contributed by atoms with E-state index in [1.54, 1.807) is 0 Å². The summed E-state index contributed by atoms with van der Waals surface area (Å²) in [5, 5.41) is 0. The maximum atomic E-state index is 3.22. The Labute approximate surface area is 72.0 Å². The highest BCUT2D eigenvalue weighted by molar-refractivity contribution is 5.41. The number of hydrogen-bond donors (Lipinski definition) is 2. The van der Waals surface area contributed by atoms with Crippen LogP contribution in [0.4, 0.5) is 0 Å². The molecule has 2 atom stereocenters. The molecule has 2 nitrogen and oxygen atoms in total. The van der Waals surface area contributed by atoms with Crippen molar-refractivity contribution in [3.8, 4) is 0 Å². The standard InChI is InChI=1S/C10H12N2/c1-2-4-8-7(3-1)5-10-9(8)6-11-12-10/h1-3,5,8-9,11-12H,4,6H2. The van der Waals surface area contributed by atoms with Crippen LogP contribution in [-0.4, -0.2) is 6.54 Å². The number of hydrazine groups is 1. The van der Waals surface area contributed by atoms with Gasteiger partial charge in [0.25, 0.3) is 0 Å². The summed E-state index contributed by atoms with van der Waals surface area (Å²) in [6.45, 7) is 1.08. The molecular formula is C10H12N2. The number of rotatable bonds is 0. The second-order valence-electron chi connectivity index (χ2n) is 3.65. The molecule has 0 spiro atoms. The van der Waals surface area contributed by atoms with Crippen molar-refractivity contribution in [2.24, 2.45) is 11.8 Å². The van der Waals surface area contributed by atoms with Crippen molar-refractivity contribution < 1.29 is 0 Å². The van der Waals surface area contributed by atoms with E-state index in [4.69, 9.17) is 0 Å². The van der Waals surface area contributed by atoms with Crippen LogP contribution in [0.5, 0.6) is 0 Å². The Morgan fingerprint density at radius 2 is 2.33 bits per heavy atom. The van der Waals surface area contributed by atoms with Gasteiger partial charge in [0.2, 0.25) is 0 Å². The lowest BCUT2D eigenvalue weighted by Crippen LogP contribution is -2.22. The van der Waals surface area contributed by atoms with Gasteiger partial charge in [0, 0.05) is 18.2 Å². The van der Waals surface area contributed by atoms with Crippen LogP contribution < -0.4 is 10.9 Å². The Morgan fingerprint density at radius 3 is 3.33 bits per heavy atom. The van der Waals surface area contributed by atoms with Crippen LogP contribution in [0, 0.1) is 11.8 Å². The molecule has 1 aliphatic heterocycles. The first-order valence-corrected chi connectivity index (χ1v) is 4.52. The number of allylic oxidation sites excluding steroid dienone is 5. The summed E-state index contributed by atoms with van der Waals surface area (Å²) in [4.78, 5) is 0. The van der Waals surface area contributed by atoms with E-state index in [0.29, 0.717) is 5.92 Å². The maximum Gasteiger partial charge on any atom is 0.0315 e. The SMILES string of the molecule is C1=CCC2C(=C1)C=C1NNCC12. The minimum Gasteiger partial charge on any atom is -0.325 e. The fourth-order valence-electron chi connectivity index (χ4n) is 2.36. The van der Waals surface area contributed by atoms with E-state index in [9.17, 15) is 0 Å². The van der Waals surface area contributed by atoms with E-state index in [2.05, 4.69) is 35.2 Å². The second-order valence-corrected chi connectivity index (χ2v) is 3.65. The van der Waals surface area contributed by atoms with Crippen molar-refractivity contribution in [1.29, 1.82) is 0 Å². The third-order valence-electron chi connectivity index (χ3n) is 3.00. The van der Waals surface area contributed by atoms with Crippen molar-refractivity contribution >= 4 is 0 Å². The van der Waals surface area contributed by atoms with Crippen molar-refractivity contribution in [3.63, 3.8) is 0 Å². The first-order valence-electron chi connectivity index (χ1n) is 4.52. The number of hydrogen-bond acceptors (Lipinski definition) is 2. The van der Waals surface area contributed by atoms with Gasteiger partial charge >= 0.3 is 0 Å². The molecule has 0 aromatic carbocycles. The van der Waals surface area contributed by atoms with Gasteiger partial charge in [-0.3, -0.25) is 0 Å². The van der Waals surface area contributed by atoms with Gasteiger partial charge in [-0.15, -0.1) is 0 Å². The maximum absolute atomic E-state index is 3.22. The molecule has 0 aromatic rings. The van der Waals surface area contributed by atoms with E-state index in [1.165, 1.54) is 17.7 Å². The highest BCUT2D eigenvalue weighted by Gasteiger charge is 2.35. The summed E-state index contributed by atoms with van der Waals surface area (Å²) in [5.74, 6) is 1.45. The molecule has 2 aliphatic carbocycles. The molecule has 3 rings (SSSR count). The van der Waals surface area contributed by atoms with Crippen molar-refractivity contribution in [3.05, 3.63) is 35.6 Å². The quantitative estimate of drug-likeness (QED) is 0.554. The second kappa shape index (κ2) is 2.23. The van der Waals surface area contributed by atoms with Crippen LogP contribution in [0.3, 0.4) is 0 Å². The van der Waals surface area contributed by atoms with Gasteiger partial charge in [0.1, 0.15) is 0 Å². The van der Waals surface area contributed by atoms with Gasteiger partial charge in [-0.1, -0.05) is 18.2 Å². The molecule has 2 unspecified atom stereocenters. The highest BCUT2D eigenvalue weighted by atomic mass is 15.4. The third-order valence-corrected chi connectivity index (χ3v) is 3.00. The molecule has 0 amide bonds. The summed E-state index contributed by atoms with van der Waals surface area (Å²) < 4.78 is 0. The molecule has 0 saturated carbocycles. The van der Waals surface area contributed by atoms with E-state index in [1.807, 2.05) is 0 Å². The van der Waals surface area contributed by atoms with Crippen molar-refractivity contribution in [2.75, 3.05) is 6.54 Å². The van der Waals surface area contributed by atoms with E-state index < -0.39 is 0 Å². The van der Waals surface area contributed by atoms with Crippen LogP contribution in [-0.2, 0) is 0 Å². The first-order chi connectivity index (χ1) is 5.95. The lowest BCUT2D eigenvalue weighted by Gasteiger charge is -2.18. The summed E-state index contributed by atoms with van der Waals surface area (Å²) in [7, 11) is 0. The minimum absolute atomic E-state index is 0.709. The predicted molar refractivity (Wildman–Crippen MR) is 48.0 cm³/mol. The number of fused-ring (bicyclic) bond motifs is 3. The number of nitrogens with one attached hydrogen (secondary N) is 2. The molecule has 1 fully saturated rings. The van der Waals surface area contributed by atoms with Gasteiger partial charge in [-0.05, 0) is 24.0 Å². The van der Waals surface area contributed by atoms with Gasteiger partial charge in [0.15, 0.2) is 0 Å². The van der Waals surface area contributed by atoms with Crippen LogP contribution >= 0.6 is 0 Å². The Bertz CT molecular complexity index is 299. The zero-order chi connectivity index (χ0) is 7.97. The van der Waals surface area contributed by atoms with Crippen LogP contribution in [0.25, 0.3) is 0 Å². The molecule has 1 saturated heterocycles. The van der Waals surface area contributed by atoms with Gasteiger partial charge in [-0.25, -0.2) is 5.43 Å². The molecule has 62 valence electrons. The summed E-state index contributed by atoms with van der Waals surface area (Å²) in [6, 6.07) is 0. The fourth-order valence-corrected chi connectivity index (χ4v) is 2.36. The summed E-state index contributed by atoms with van der Waals surface area (Å²) in [5.41, 5.74) is 9.30. The molecule has 2 heteroatoms. The van der Waals surface area contributed by atoms with Crippen LogP contribution in [0.1, 0.15) is 6.42 Å². The largest absolute Gasteiger partial charge is 0.325 e. The average Bonchev–Trinajstić information content (AvgIpc) is 2.62. The first kappa shape index (κ1) is 6.49. The predicted octanol–water partition coefficient (Wildman–Crippen LogP) is 1.11. The van der Waals surface area contributed by atoms with E-state index in [0.717, 1.165) is 12.5 Å². The van der Waals surface area contributed by atoms with E-state index in [-0.39, 0.29) is 0 Å². The lowest BCUT2D eigenvalue weighted by molar-refractivity contribution is 0.486. The Balaban J connectivity index is 2.02. The van der Waals surface area contributed by atoms with Crippen LogP contribution in [0.15, 0.2) is 35.6 Å². The van der Waals surface area contributed by atoms with Gasteiger partial charge < -0.3 is 5.43 Å².